The van der Waals surface area contributed by atoms with Crippen molar-refractivity contribution in [1.82, 2.24) is 14.7 Å². The maximum atomic E-state index is 12.8. The monoisotopic (exact) mass is 472 g/mol. The molecular formula is C28H32N4O3. The van der Waals surface area contributed by atoms with E-state index in [2.05, 4.69) is 27.9 Å². The highest BCUT2D eigenvalue weighted by molar-refractivity contribution is 6.05. The minimum Gasteiger partial charge on any atom is -0.494 e. The molecule has 1 aromatic carbocycles. The lowest BCUT2D eigenvalue weighted by atomic mass is 9.89. The summed E-state index contributed by atoms with van der Waals surface area (Å²) in [5.74, 6) is 1.40. The molecule has 1 aliphatic carbocycles. The van der Waals surface area contributed by atoms with Gasteiger partial charge in [0.15, 0.2) is 0 Å². The molecule has 3 heterocycles. The molecule has 0 bridgehead atoms. The van der Waals surface area contributed by atoms with E-state index in [0.717, 1.165) is 35.4 Å². The summed E-state index contributed by atoms with van der Waals surface area (Å²) >= 11 is 0. The molecule has 0 saturated heterocycles. The second-order valence-electron chi connectivity index (χ2n) is 9.39. The number of benzene rings is 1. The van der Waals surface area contributed by atoms with Crippen molar-refractivity contribution in [3.63, 3.8) is 0 Å². The molecule has 1 aliphatic rings. The second-order valence-corrected chi connectivity index (χ2v) is 9.39. The molecule has 1 amide bonds. The van der Waals surface area contributed by atoms with Crippen molar-refractivity contribution in [3.8, 4) is 5.75 Å². The number of fused-ring (bicyclic) bond motifs is 1. The Balaban J connectivity index is 1.47. The number of anilines is 1. The molecule has 5 rings (SSSR count). The van der Waals surface area contributed by atoms with Crippen LogP contribution in [0.15, 0.2) is 59.6 Å². The van der Waals surface area contributed by atoms with Crippen molar-refractivity contribution in [3.05, 3.63) is 71.9 Å². The van der Waals surface area contributed by atoms with Crippen LogP contribution in [0, 0.1) is 5.92 Å². The largest absolute Gasteiger partial charge is 0.494 e. The van der Waals surface area contributed by atoms with E-state index in [9.17, 15) is 4.79 Å². The first-order valence-corrected chi connectivity index (χ1v) is 12.5. The summed E-state index contributed by atoms with van der Waals surface area (Å²) < 4.78 is 12.8. The molecule has 0 aliphatic heterocycles. The Morgan fingerprint density at radius 3 is 2.66 bits per heavy atom. The molecule has 7 nitrogen and oxygen atoms in total. The molecule has 4 aromatic rings. The van der Waals surface area contributed by atoms with Crippen LogP contribution in [0.4, 0.5) is 5.69 Å². The molecule has 3 aromatic heterocycles. The SMILES string of the molecule is CCOc1ccc(Cc2cc3cc(N(C)C(=O)c4cnoc4)cnc3n2CC2CCCCC2)cc1. The number of aromatic nitrogens is 3. The van der Waals surface area contributed by atoms with Gasteiger partial charge in [0.2, 0.25) is 0 Å². The van der Waals surface area contributed by atoms with Gasteiger partial charge in [-0.3, -0.25) is 4.79 Å². The van der Waals surface area contributed by atoms with Crippen LogP contribution in [0.3, 0.4) is 0 Å². The zero-order valence-electron chi connectivity index (χ0n) is 20.4. The Labute approximate surface area is 205 Å². The molecule has 7 heteroatoms. The van der Waals surface area contributed by atoms with Crippen LogP contribution in [0.25, 0.3) is 11.0 Å². The van der Waals surface area contributed by atoms with Crippen LogP contribution < -0.4 is 9.64 Å². The second kappa shape index (κ2) is 10.3. The van der Waals surface area contributed by atoms with Crippen molar-refractivity contribution < 1.29 is 14.1 Å². The molecule has 182 valence electrons. The summed E-state index contributed by atoms with van der Waals surface area (Å²) in [7, 11) is 1.75. The fourth-order valence-electron chi connectivity index (χ4n) is 5.05. The first-order chi connectivity index (χ1) is 17.1. The van der Waals surface area contributed by atoms with E-state index in [1.54, 1.807) is 18.1 Å². The van der Waals surface area contributed by atoms with Crippen LogP contribution >= 0.6 is 0 Å². The smallest absolute Gasteiger partial charge is 0.263 e. The predicted molar refractivity (Wildman–Crippen MR) is 136 cm³/mol. The molecule has 1 fully saturated rings. The Morgan fingerprint density at radius 2 is 1.94 bits per heavy atom. The fourth-order valence-corrected chi connectivity index (χ4v) is 5.05. The third-order valence-corrected chi connectivity index (χ3v) is 6.96. The average Bonchev–Trinajstić information content (AvgIpc) is 3.54. The van der Waals surface area contributed by atoms with Crippen LogP contribution in [-0.4, -0.2) is 34.3 Å². The molecule has 0 radical (unpaired) electrons. The maximum Gasteiger partial charge on any atom is 0.263 e. The zero-order chi connectivity index (χ0) is 24.2. The van der Waals surface area contributed by atoms with Crippen molar-refractivity contribution in [2.45, 2.75) is 52.0 Å². The van der Waals surface area contributed by atoms with E-state index in [4.69, 9.17) is 14.2 Å². The zero-order valence-corrected chi connectivity index (χ0v) is 20.4. The van der Waals surface area contributed by atoms with Crippen LogP contribution in [-0.2, 0) is 13.0 Å². The van der Waals surface area contributed by atoms with Crippen LogP contribution in [0.2, 0.25) is 0 Å². The van der Waals surface area contributed by atoms with E-state index in [1.165, 1.54) is 55.8 Å². The number of hydrogen-bond donors (Lipinski definition) is 0. The fraction of sp³-hybridized carbons (Fsp3) is 0.393. The highest BCUT2D eigenvalue weighted by atomic mass is 16.5. The molecule has 1 saturated carbocycles. The van der Waals surface area contributed by atoms with Gasteiger partial charge < -0.3 is 18.7 Å². The number of pyridine rings is 1. The molecule has 35 heavy (non-hydrogen) atoms. The number of carbonyl (C=O) groups is 1. The van der Waals surface area contributed by atoms with Crippen LogP contribution in [0.1, 0.15) is 60.6 Å². The third kappa shape index (κ3) is 5.09. The quantitative estimate of drug-likeness (QED) is 0.321. The van der Waals surface area contributed by atoms with Gasteiger partial charge in [0, 0.05) is 31.1 Å². The summed E-state index contributed by atoms with van der Waals surface area (Å²) in [5, 5.41) is 4.69. The van der Waals surface area contributed by atoms with Crippen LogP contribution in [0.5, 0.6) is 5.75 Å². The normalized spacial score (nSPS) is 14.3. The Morgan fingerprint density at radius 1 is 1.14 bits per heavy atom. The van der Waals surface area contributed by atoms with Gasteiger partial charge in [-0.15, -0.1) is 0 Å². The highest BCUT2D eigenvalue weighted by Crippen LogP contribution is 2.30. The number of hydrogen-bond acceptors (Lipinski definition) is 5. The van der Waals surface area contributed by atoms with Gasteiger partial charge in [0.25, 0.3) is 5.91 Å². The molecule has 0 unspecified atom stereocenters. The van der Waals surface area contributed by atoms with Gasteiger partial charge in [-0.2, -0.15) is 0 Å². The van der Waals surface area contributed by atoms with Crippen molar-refractivity contribution in [2.24, 2.45) is 5.92 Å². The van der Waals surface area contributed by atoms with Crippen molar-refractivity contribution in [1.29, 1.82) is 0 Å². The van der Waals surface area contributed by atoms with Gasteiger partial charge >= 0.3 is 0 Å². The van der Waals surface area contributed by atoms with E-state index in [0.29, 0.717) is 18.1 Å². The standard InChI is InChI=1S/C28H32N4O3/c1-3-34-26-11-9-20(10-12-26)13-24-14-22-15-25(31(2)28(33)23-16-30-35-19-23)17-29-27(22)32(24)18-21-7-5-4-6-8-21/h9-12,14-17,19,21H,3-8,13,18H2,1-2H3. The first kappa shape index (κ1) is 23.1. The number of amides is 1. The topological polar surface area (TPSA) is 73.4 Å². The van der Waals surface area contributed by atoms with E-state index in [-0.39, 0.29) is 5.91 Å². The molecule has 0 N–H and O–H groups in total. The lowest BCUT2D eigenvalue weighted by Crippen LogP contribution is -2.25. The summed E-state index contributed by atoms with van der Waals surface area (Å²) in [6, 6.07) is 12.6. The average molecular weight is 473 g/mol. The van der Waals surface area contributed by atoms with E-state index in [1.807, 2.05) is 25.1 Å². The maximum absolute atomic E-state index is 12.8. The number of ether oxygens (including phenoxy) is 1. The Bertz CT molecular complexity index is 1270. The number of nitrogens with zero attached hydrogens (tertiary/aromatic N) is 4. The lowest BCUT2D eigenvalue weighted by Gasteiger charge is -2.23. The predicted octanol–water partition coefficient (Wildman–Crippen LogP) is 5.87. The van der Waals surface area contributed by atoms with Crippen molar-refractivity contribution >= 4 is 22.6 Å². The van der Waals surface area contributed by atoms with Gasteiger partial charge in [0.1, 0.15) is 17.7 Å². The summed E-state index contributed by atoms with van der Waals surface area (Å²) in [5.41, 5.74) is 4.62. The molecule has 0 atom stereocenters. The van der Waals surface area contributed by atoms with Crippen molar-refractivity contribution in [2.75, 3.05) is 18.6 Å². The minimum absolute atomic E-state index is 0.177. The highest BCUT2D eigenvalue weighted by Gasteiger charge is 2.20. The minimum atomic E-state index is -0.177. The van der Waals surface area contributed by atoms with Gasteiger partial charge in [-0.05, 0) is 55.5 Å². The van der Waals surface area contributed by atoms with E-state index >= 15 is 0 Å². The summed E-state index contributed by atoms with van der Waals surface area (Å²) in [6.07, 6.45) is 11.9. The first-order valence-electron chi connectivity index (χ1n) is 12.5. The summed E-state index contributed by atoms with van der Waals surface area (Å²) in [6.45, 7) is 3.64. The Hall–Kier alpha value is -3.61. The van der Waals surface area contributed by atoms with Gasteiger partial charge in [0.05, 0.1) is 30.3 Å². The molecular weight excluding hydrogens is 440 g/mol. The number of carbonyl (C=O) groups excluding carboxylic acids is 1. The van der Waals surface area contributed by atoms with E-state index < -0.39 is 0 Å². The Kier molecular flexibility index (Phi) is 6.84. The number of rotatable bonds is 8. The lowest BCUT2D eigenvalue weighted by molar-refractivity contribution is 0.0992. The van der Waals surface area contributed by atoms with Gasteiger partial charge in [-0.25, -0.2) is 4.98 Å². The summed E-state index contributed by atoms with van der Waals surface area (Å²) in [4.78, 5) is 19.2. The third-order valence-electron chi connectivity index (χ3n) is 6.96. The van der Waals surface area contributed by atoms with Gasteiger partial charge in [-0.1, -0.05) is 36.6 Å². The molecule has 0 spiro atoms.